The number of rotatable bonds is 8. The van der Waals surface area contributed by atoms with Crippen LogP contribution in [0.1, 0.15) is 18.1 Å². The van der Waals surface area contributed by atoms with Crippen LogP contribution in [0.4, 0.5) is 5.69 Å². The third-order valence-electron chi connectivity index (χ3n) is 3.42. The Hall–Kier alpha value is -2.13. The maximum Gasteiger partial charge on any atom is 0.161 e. The number of ether oxygens (including phenoxy) is 2. The molecular weight excluding hydrogens is 310 g/mol. The van der Waals surface area contributed by atoms with Gasteiger partial charge in [0.2, 0.25) is 0 Å². The van der Waals surface area contributed by atoms with E-state index in [1.54, 1.807) is 6.08 Å². The zero-order valence-electron chi connectivity index (χ0n) is 13.6. The number of hydrogen-bond acceptors (Lipinski definition) is 3. The Balaban J connectivity index is 2.11. The zero-order valence-corrected chi connectivity index (χ0v) is 14.3. The van der Waals surface area contributed by atoms with E-state index in [-0.39, 0.29) is 0 Å². The van der Waals surface area contributed by atoms with Crippen molar-refractivity contribution in [2.75, 3.05) is 18.5 Å². The second-order valence-corrected chi connectivity index (χ2v) is 5.49. The first-order valence-electron chi connectivity index (χ1n) is 7.64. The monoisotopic (exact) mass is 331 g/mol. The fourth-order valence-corrected chi connectivity index (χ4v) is 2.37. The summed E-state index contributed by atoms with van der Waals surface area (Å²) in [7, 11) is 0. The maximum absolute atomic E-state index is 6.15. The highest BCUT2D eigenvalue weighted by molar-refractivity contribution is 6.31. The van der Waals surface area contributed by atoms with E-state index >= 15 is 0 Å². The summed E-state index contributed by atoms with van der Waals surface area (Å²) < 4.78 is 11.3. The molecule has 0 atom stereocenters. The molecule has 0 bridgehead atoms. The van der Waals surface area contributed by atoms with Gasteiger partial charge in [-0.3, -0.25) is 0 Å². The molecule has 122 valence electrons. The molecule has 0 amide bonds. The van der Waals surface area contributed by atoms with Crippen LogP contribution < -0.4 is 14.8 Å². The van der Waals surface area contributed by atoms with Crippen molar-refractivity contribution in [3.63, 3.8) is 0 Å². The Kier molecular flexibility index (Phi) is 6.36. The molecule has 0 aromatic heterocycles. The quantitative estimate of drug-likeness (QED) is 0.672. The van der Waals surface area contributed by atoms with Crippen LogP contribution >= 0.6 is 11.6 Å². The third kappa shape index (κ3) is 4.67. The van der Waals surface area contributed by atoms with Gasteiger partial charge in [-0.15, -0.1) is 0 Å². The predicted molar refractivity (Wildman–Crippen MR) is 96.8 cm³/mol. The van der Waals surface area contributed by atoms with E-state index in [1.807, 2.05) is 50.2 Å². The first-order chi connectivity index (χ1) is 11.2. The van der Waals surface area contributed by atoms with Gasteiger partial charge in [-0.1, -0.05) is 36.4 Å². The highest BCUT2D eigenvalue weighted by Crippen LogP contribution is 2.29. The summed E-state index contributed by atoms with van der Waals surface area (Å²) in [6.45, 7) is 9.35. The molecule has 0 aliphatic carbocycles. The van der Waals surface area contributed by atoms with Crippen LogP contribution in [-0.4, -0.2) is 13.2 Å². The lowest BCUT2D eigenvalue weighted by molar-refractivity contribution is 0.296. The zero-order chi connectivity index (χ0) is 16.7. The first kappa shape index (κ1) is 17.2. The van der Waals surface area contributed by atoms with E-state index in [1.165, 1.54) is 0 Å². The standard InChI is InChI=1S/C19H22ClNO2/c1-4-11-23-18-10-9-15(12-19(18)22-5-2)13-21-17-8-6-7-16(20)14(17)3/h4,6-10,12,21H,1,5,11,13H2,2-3H3. The molecule has 2 aromatic carbocycles. The van der Waals surface area contributed by atoms with Gasteiger partial charge in [0, 0.05) is 17.3 Å². The van der Waals surface area contributed by atoms with E-state index in [0.717, 1.165) is 33.3 Å². The molecule has 0 unspecified atom stereocenters. The minimum Gasteiger partial charge on any atom is -0.490 e. The van der Waals surface area contributed by atoms with Crippen LogP contribution in [0.25, 0.3) is 0 Å². The molecule has 0 radical (unpaired) electrons. The van der Waals surface area contributed by atoms with Crippen molar-refractivity contribution in [3.05, 3.63) is 65.2 Å². The molecule has 0 spiro atoms. The Morgan fingerprint density at radius 3 is 2.74 bits per heavy atom. The molecule has 3 nitrogen and oxygen atoms in total. The lowest BCUT2D eigenvalue weighted by Crippen LogP contribution is -2.03. The molecule has 0 aliphatic rings. The average Bonchev–Trinajstić information content (AvgIpc) is 2.55. The van der Waals surface area contributed by atoms with Gasteiger partial charge in [-0.25, -0.2) is 0 Å². The Bertz CT molecular complexity index is 670. The van der Waals surface area contributed by atoms with Crippen molar-refractivity contribution in [1.82, 2.24) is 0 Å². The summed E-state index contributed by atoms with van der Waals surface area (Å²) in [5.41, 5.74) is 3.19. The van der Waals surface area contributed by atoms with E-state index in [9.17, 15) is 0 Å². The Labute approximate surface area is 142 Å². The lowest BCUT2D eigenvalue weighted by Gasteiger charge is -2.14. The van der Waals surface area contributed by atoms with Crippen molar-refractivity contribution in [2.45, 2.75) is 20.4 Å². The fourth-order valence-electron chi connectivity index (χ4n) is 2.19. The highest BCUT2D eigenvalue weighted by Gasteiger charge is 2.07. The van der Waals surface area contributed by atoms with Crippen molar-refractivity contribution < 1.29 is 9.47 Å². The normalized spacial score (nSPS) is 10.2. The van der Waals surface area contributed by atoms with Crippen LogP contribution in [-0.2, 0) is 6.54 Å². The molecule has 0 saturated heterocycles. The first-order valence-corrected chi connectivity index (χ1v) is 8.02. The fraction of sp³-hybridized carbons (Fsp3) is 0.263. The summed E-state index contributed by atoms with van der Waals surface area (Å²) in [5.74, 6) is 1.48. The average molecular weight is 332 g/mol. The van der Waals surface area contributed by atoms with Crippen LogP contribution in [0.3, 0.4) is 0 Å². The number of halogens is 1. The minimum atomic E-state index is 0.458. The van der Waals surface area contributed by atoms with Crippen LogP contribution in [0.5, 0.6) is 11.5 Å². The van der Waals surface area contributed by atoms with E-state index < -0.39 is 0 Å². The highest BCUT2D eigenvalue weighted by atomic mass is 35.5. The molecule has 1 N–H and O–H groups in total. The molecular formula is C19H22ClNO2. The van der Waals surface area contributed by atoms with Gasteiger partial charge >= 0.3 is 0 Å². The van der Waals surface area contributed by atoms with Crippen molar-refractivity contribution in [2.24, 2.45) is 0 Å². The summed E-state index contributed by atoms with van der Waals surface area (Å²) >= 11 is 6.15. The van der Waals surface area contributed by atoms with Crippen LogP contribution in [0.15, 0.2) is 49.1 Å². The summed E-state index contributed by atoms with van der Waals surface area (Å²) in [4.78, 5) is 0. The van der Waals surface area contributed by atoms with Crippen molar-refractivity contribution in [1.29, 1.82) is 0 Å². The van der Waals surface area contributed by atoms with Crippen molar-refractivity contribution in [3.8, 4) is 11.5 Å². The maximum atomic E-state index is 6.15. The van der Waals surface area contributed by atoms with Gasteiger partial charge in [-0.05, 0) is 49.2 Å². The van der Waals surface area contributed by atoms with E-state index in [0.29, 0.717) is 19.8 Å². The summed E-state index contributed by atoms with van der Waals surface area (Å²) in [5, 5.41) is 4.17. The molecule has 0 fully saturated rings. The minimum absolute atomic E-state index is 0.458. The predicted octanol–water partition coefficient (Wildman–Crippen LogP) is 5.22. The van der Waals surface area contributed by atoms with Crippen LogP contribution in [0, 0.1) is 6.92 Å². The number of anilines is 1. The summed E-state index contributed by atoms with van der Waals surface area (Å²) in [6, 6.07) is 11.8. The smallest absolute Gasteiger partial charge is 0.161 e. The molecule has 23 heavy (non-hydrogen) atoms. The third-order valence-corrected chi connectivity index (χ3v) is 3.82. The number of benzene rings is 2. The second-order valence-electron chi connectivity index (χ2n) is 5.08. The molecule has 0 saturated carbocycles. The molecule has 4 heteroatoms. The number of hydrogen-bond donors (Lipinski definition) is 1. The molecule has 0 aliphatic heterocycles. The largest absolute Gasteiger partial charge is 0.490 e. The topological polar surface area (TPSA) is 30.5 Å². The lowest BCUT2D eigenvalue weighted by atomic mass is 10.1. The van der Waals surface area contributed by atoms with Gasteiger partial charge in [0.05, 0.1) is 6.61 Å². The van der Waals surface area contributed by atoms with Crippen molar-refractivity contribution >= 4 is 17.3 Å². The van der Waals surface area contributed by atoms with E-state index in [4.69, 9.17) is 21.1 Å². The molecule has 2 aromatic rings. The van der Waals surface area contributed by atoms with Crippen LogP contribution in [0.2, 0.25) is 5.02 Å². The van der Waals surface area contributed by atoms with Gasteiger partial charge < -0.3 is 14.8 Å². The SMILES string of the molecule is C=CCOc1ccc(CNc2cccc(Cl)c2C)cc1OCC. The molecule has 2 rings (SSSR count). The number of nitrogens with one attached hydrogen (secondary N) is 1. The second kappa shape index (κ2) is 8.49. The van der Waals surface area contributed by atoms with Gasteiger partial charge in [0.15, 0.2) is 11.5 Å². The Morgan fingerprint density at radius 2 is 2.00 bits per heavy atom. The van der Waals surface area contributed by atoms with Gasteiger partial charge in [-0.2, -0.15) is 0 Å². The summed E-state index contributed by atoms with van der Waals surface area (Å²) in [6.07, 6.45) is 1.72. The van der Waals surface area contributed by atoms with E-state index in [2.05, 4.69) is 11.9 Å². The van der Waals surface area contributed by atoms with Gasteiger partial charge in [0.25, 0.3) is 0 Å². The molecule has 0 heterocycles. The van der Waals surface area contributed by atoms with Gasteiger partial charge in [0.1, 0.15) is 6.61 Å². The Morgan fingerprint density at radius 1 is 1.17 bits per heavy atom.